The Bertz CT molecular complexity index is 752. The summed E-state index contributed by atoms with van der Waals surface area (Å²) >= 11 is 5.65. The molecule has 0 aliphatic rings. The van der Waals surface area contributed by atoms with Gasteiger partial charge < -0.3 is 9.15 Å². The maximum atomic E-state index is 12.4. The molecule has 1 N–H and O–H groups in total. The summed E-state index contributed by atoms with van der Waals surface area (Å²) in [6.45, 7) is 3.56. The van der Waals surface area contributed by atoms with Crippen LogP contribution in [0.2, 0.25) is 5.22 Å². The standard InChI is InChI=1S/C14H16ClNO4S/c1-9-7-13(10(2)6-12(9)19-3)21(17,18)16-8-11-4-5-14(15)20-11/h4-7,16H,8H2,1-3H3. The lowest BCUT2D eigenvalue weighted by atomic mass is 10.1. The Morgan fingerprint density at radius 1 is 1.24 bits per heavy atom. The number of hydrogen-bond donors (Lipinski definition) is 1. The summed E-state index contributed by atoms with van der Waals surface area (Å²) < 4.78 is 37.5. The zero-order valence-electron chi connectivity index (χ0n) is 11.9. The Hall–Kier alpha value is -1.50. The van der Waals surface area contributed by atoms with E-state index in [9.17, 15) is 8.42 Å². The van der Waals surface area contributed by atoms with E-state index < -0.39 is 10.0 Å². The molecule has 0 aliphatic heterocycles. The van der Waals surface area contributed by atoms with Gasteiger partial charge in [-0.1, -0.05) is 0 Å². The Morgan fingerprint density at radius 2 is 1.95 bits per heavy atom. The lowest BCUT2D eigenvalue weighted by Gasteiger charge is -2.12. The van der Waals surface area contributed by atoms with Crippen molar-refractivity contribution in [3.05, 3.63) is 46.4 Å². The van der Waals surface area contributed by atoms with Crippen molar-refractivity contribution in [2.45, 2.75) is 25.3 Å². The maximum absolute atomic E-state index is 12.4. The fraction of sp³-hybridized carbons (Fsp3) is 0.286. The van der Waals surface area contributed by atoms with Gasteiger partial charge in [-0.15, -0.1) is 0 Å². The zero-order chi connectivity index (χ0) is 15.6. The van der Waals surface area contributed by atoms with E-state index in [0.29, 0.717) is 17.1 Å². The van der Waals surface area contributed by atoms with Crippen LogP contribution in [0.3, 0.4) is 0 Å². The second kappa shape index (κ2) is 6.09. The molecule has 0 unspecified atom stereocenters. The van der Waals surface area contributed by atoms with Crippen LogP contribution in [-0.4, -0.2) is 15.5 Å². The van der Waals surface area contributed by atoms with E-state index in [1.54, 1.807) is 45.2 Å². The average molecular weight is 330 g/mol. The Kier molecular flexibility index (Phi) is 4.61. The molecule has 5 nitrogen and oxygen atoms in total. The highest BCUT2D eigenvalue weighted by Gasteiger charge is 2.19. The summed E-state index contributed by atoms with van der Waals surface area (Å²) in [6.07, 6.45) is 0. The second-order valence-corrected chi connectivity index (χ2v) is 6.73. The molecule has 0 atom stereocenters. The molecule has 1 aromatic carbocycles. The molecule has 1 aromatic heterocycles. The first-order chi connectivity index (χ1) is 9.83. The molecule has 0 aliphatic carbocycles. The van der Waals surface area contributed by atoms with Crippen LogP contribution in [0.1, 0.15) is 16.9 Å². The normalized spacial score (nSPS) is 11.6. The average Bonchev–Trinajstić information content (AvgIpc) is 2.84. The Labute approximate surface area is 128 Å². The van der Waals surface area contributed by atoms with Crippen LogP contribution in [0.25, 0.3) is 0 Å². The van der Waals surface area contributed by atoms with E-state index in [0.717, 1.165) is 5.56 Å². The molecule has 0 saturated heterocycles. The molecule has 0 bridgehead atoms. The van der Waals surface area contributed by atoms with Crippen LogP contribution in [0.4, 0.5) is 0 Å². The summed E-state index contributed by atoms with van der Waals surface area (Å²) in [5, 5.41) is 0.223. The smallest absolute Gasteiger partial charge is 0.241 e. The van der Waals surface area contributed by atoms with E-state index in [1.165, 1.54) is 0 Å². The van der Waals surface area contributed by atoms with Gasteiger partial charge in [0.25, 0.3) is 0 Å². The van der Waals surface area contributed by atoms with E-state index in [4.69, 9.17) is 20.8 Å². The topological polar surface area (TPSA) is 68.5 Å². The Morgan fingerprint density at radius 3 is 2.52 bits per heavy atom. The number of benzene rings is 1. The fourth-order valence-electron chi connectivity index (χ4n) is 1.96. The molecule has 114 valence electrons. The minimum absolute atomic E-state index is 0.0412. The molecule has 1 heterocycles. The summed E-state index contributed by atoms with van der Waals surface area (Å²) in [6, 6.07) is 6.48. The van der Waals surface area contributed by atoms with Gasteiger partial charge in [-0.05, 0) is 60.8 Å². The highest BCUT2D eigenvalue weighted by Crippen LogP contribution is 2.25. The predicted molar refractivity (Wildman–Crippen MR) is 80.2 cm³/mol. The van der Waals surface area contributed by atoms with E-state index in [1.807, 2.05) is 0 Å². The number of furan rings is 1. The number of methoxy groups -OCH3 is 1. The van der Waals surface area contributed by atoms with Gasteiger partial charge in [-0.25, -0.2) is 13.1 Å². The summed E-state index contributed by atoms with van der Waals surface area (Å²) in [5.41, 5.74) is 1.37. The number of rotatable bonds is 5. The maximum Gasteiger partial charge on any atom is 0.241 e. The minimum Gasteiger partial charge on any atom is -0.496 e. The van der Waals surface area contributed by atoms with Gasteiger partial charge in [-0.3, -0.25) is 0 Å². The van der Waals surface area contributed by atoms with E-state index in [-0.39, 0.29) is 16.7 Å². The van der Waals surface area contributed by atoms with Crippen molar-refractivity contribution in [1.29, 1.82) is 0 Å². The molecule has 0 fully saturated rings. The molecule has 0 saturated carbocycles. The van der Waals surface area contributed by atoms with Crippen LogP contribution in [0.5, 0.6) is 5.75 Å². The first kappa shape index (κ1) is 15.9. The van der Waals surface area contributed by atoms with Crippen molar-refractivity contribution >= 4 is 21.6 Å². The summed E-state index contributed by atoms with van der Waals surface area (Å²) in [5.74, 6) is 1.11. The van der Waals surface area contributed by atoms with Gasteiger partial charge in [-0.2, -0.15) is 0 Å². The summed E-state index contributed by atoms with van der Waals surface area (Å²) in [4.78, 5) is 0.221. The highest BCUT2D eigenvalue weighted by molar-refractivity contribution is 7.89. The van der Waals surface area contributed by atoms with E-state index >= 15 is 0 Å². The lowest BCUT2D eigenvalue weighted by molar-refractivity contribution is 0.411. The first-order valence-corrected chi connectivity index (χ1v) is 8.08. The molecule has 21 heavy (non-hydrogen) atoms. The number of hydrogen-bond acceptors (Lipinski definition) is 4. The third-order valence-electron chi connectivity index (χ3n) is 3.05. The third kappa shape index (κ3) is 3.58. The molecule has 2 rings (SSSR count). The van der Waals surface area contributed by atoms with Crippen molar-refractivity contribution in [1.82, 2.24) is 4.72 Å². The molecule has 0 amide bonds. The van der Waals surface area contributed by atoms with Gasteiger partial charge in [0, 0.05) is 0 Å². The summed E-state index contributed by atoms with van der Waals surface area (Å²) in [7, 11) is -2.09. The molecule has 2 aromatic rings. The highest BCUT2D eigenvalue weighted by atomic mass is 35.5. The fourth-order valence-corrected chi connectivity index (χ4v) is 3.43. The number of halogens is 1. The predicted octanol–water partition coefficient (Wildman–Crippen LogP) is 3.04. The van der Waals surface area contributed by atoms with Gasteiger partial charge in [0.05, 0.1) is 18.6 Å². The Balaban J connectivity index is 2.25. The monoisotopic (exact) mass is 329 g/mol. The molecular formula is C14H16ClNO4S. The van der Waals surface area contributed by atoms with Gasteiger partial charge >= 0.3 is 0 Å². The van der Waals surface area contributed by atoms with Crippen molar-refractivity contribution in [2.75, 3.05) is 7.11 Å². The zero-order valence-corrected chi connectivity index (χ0v) is 13.5. The van der Waals surface area contributed by atoms with Crippen molar-refractivity contribution < 1.29 is 17.6 Å². The van der Waals surface area contributed by atoms with Crippen LogP contribution < -0.4 is 9.46 Å². The molecular weight excluding hydrogens is 314 g/mol. The van der Waals surface area contributed by atoms with Crippen LogP contribution in [0.15, 0.2) is 33.6 Å². The van der Waals surface area contributed by atoms with E-state index in [2.05, 4.69) is 4.72 Å². The number of ether oxygens (including phenoxy) is 1. The van der Waals surface area contributed by atoms with Crippen LogP contribution in [-0.2, 0) is 16.6 Å². The van der Waals surface area contributed by atoms with Crippen molar-refractivity contribution in [2.24, 2.45) is 0 Å². The van der Waals surface area contributed by atoms with Gasteiger partial charge in [0.1, 0.15) is 11.5 Å². The molecule has 0 radical (unpaired) electrons. The largest absolute Gasteiger partial charge is 0.496 e. The van der Waals surface area contributed by atoms with Crippen molar-refractivity contribution in [3.8, 4) is 5.75 Å². The second-order valence-electron chi connectivity index (χ2n) is 4.62. The lowest BCUT2D eigenvalue weighted by Crippen LogP contribution is -2.24. The first-order valence-electron chi connectivity index (χ1n) is 6.22. The van der Waals surface area contributed by atoms with Crippen LogP contribution in [0, 0.1) is 13.8 Å². The van der Waals surface area contributed by atoms with Crippen LogP contribution >= 0.6 is 11.6 Å². The minimum atomic E-state index is -3.64. The molecule has 7 heteroatoms. The quantitative estimate of drug-likeness (QED) is 0.915. The van der Waals surface area contributed by atoms with Gasteiger partial charge in [0.15, 0.2) is 5.22 Å². The number of nitrogens with one attached hydrogen (secondary N) is 1. The number of aryl methyl sites for hydroxylation is 2. The SMILES string of the molecule is COc1cc(C)c(S(=O)(=O)NCc2ccc(Cl)o2)cc1C. The molecule has 0 spiro atoms. The number of sulfonamides is 1. The van der Waals surface area contributed by atoms with Gasteiger partial charge in [0.2, 0.25) is 10.0 Å². The van der Waals surface area contributed by atoms with Crippen molar-refractivity contribution in [3.63, 3.8) is 0 Å². The third-order valence-corrected chi connectivity index (χ3v) is 4.79.